The lowest BCUT2D eigenvalue weighted by atomic mass is 10.1. The highest BCUT2D eigenvalue weighted by molar-refractivity contribution is 6.20. The number of fused-ring (bicyclic) bond motifs is 1. The summed E-state index contributed by atoms with van der Waals surface area (Å²) in [6.07, 6.45) is -4.60. The van der Waals surface area contributed by atoms with Crippen LogP contribution in [-0.4, -0.2) is 19.4 Å². The quantitative estimate of drug-likeness (QED) is 0.760. The van der Waals surface area contributed by atoms with Crippen molar-refractivity contribution in [3.05, 3.63) is 23.8 Å². The molecule has 1 aromatic carbocycles. The van der Waals surface area contributed by atoms with Crippen LogP contribution >= 0.6 is 11.6 Å². The van der Waals surface area contributed by atoms with Crippen LogP contribution in [0, 0.1) is 0 Å². The van der Waals surface area contributed by atoms with Gasteiger partial charge in [0.15, 0.2) is 11.5 Å². The standard InChI is InChI=1S/C12H12ClF3O2/c13-9(7-12(14,15)16)8-2-3-10-11(6-8)18-5-1-4-17-10/h2-3,6,9H,1,4-5,7H2. The summed E-state index contributed by atoms with van der Waals surface area (Å²) >= 11 is 5.76. The molecule has 0 spiro atoms. The Balaban J connectivity index is 2.17. The Bertz CT molecular complexity index is 420. The van der Waals surface area contributed by atoms with Gasteiger partial charge in [-0.2, -0.15) is 13.2 Å². The van der Waals surface area contributed by atoms with E-state index in [9.17, 15) is 13.2 Å². The summed E-state index contributed by atoms with van der Waals surface area (Å²) in [5.41, 5.74) is 0.387. The summed E-state index contributed by atoms with van der Waals surface area (Å²) in [7, 11) is 0. The van der Waals surface area contributed by atoms with Gasteiger partial charge in [0.25, 0.3) is 0 Å². The summed E-state index contributed by atoms with van der Waals surface area (Å²) in [5, 5.41) is -1.11. The second-order valence-electron chi connectivity index (χ2n) is 4.04. The van der Waals surface area contributed by atoms with Crippen LogP contribution in [0.15, 0.2) is 18.2 Å². The molecule has 0 bridgehead atoms. The molecule has 0 saturated heterocycles. The van der Waals surface area contributed by atoms with Gasteiger partial charge in [-0.3, -0.25) is 0 Å². The fourth-order valence-corrected chi connectivity index (χ4v) is 2.01. The molecule has 1 aromatic rings. The van der Waals surface area contributed by atoms with Crippen molar-refractivity contribution in [2.24, 2.45) is 0 Å². The Labute approximate surface area is 108 Å². The molecule has 1 unspecified atom stereocenters. The number of rotatable bonds is 2. The molecule has 0 aromatic heterocycles. The van der Waals surface area contributed by atoms with Crippen molar-refractivity contribution in [3.8, 4) is 11.5 Å². The van der Waals surface area contributed by atoms with Gasteiger partial charge in [-0.15, -0.1) is 11.6 Å². The minimum atomic E-state index is -4.28. The van der Waals surface area contributed by atoms with Crippen LogP contribution in [0.2, 0.25) is 0 Å². The zero-order chi connectivity index (χ0) is 13.2. The fraction of sp³-hybridized carbons (Fsp3) is 0.500. The fourth-order valence-electron chi connectivity index (χ4n) is 1.70. The molecule has 0 N–H and O–H groups in total. The van der Waals surface area contributed by atoms with Gasteiger partial charge < -0.3 is 9.47 Å². The van der Waals surface area contributed by atoms with Crippen LogP contribution in [-0.2, 0) is 0 Å². The zero-order valence-corrected chi connectivity index (χ0v) is 10.2. The van der Waals surface area contributed by atoms with Gasteiger partial charge in [0, 0.05) is 6.42 Å². The van der Waals surface area contributed by atoms with Gasteiger partial charge in [0.2, 0.25) is 0 Å². The van der Waals surface area contributed by atoms with E-state index in [1.165, 1.54) is 12.1 Å². The number of hydrogen-bond acceptors (Lipinski definition) is 2. The molecular formula is C12H12ClF3O2. The molecule has 1 atom stereocenters. The first kappa shape index (κ1) is 13.3. The van der Waals surface area contributed by atoms with E-state index in [1.54, 1.807) is 6.07 Å². The minimum Gasteiger partial charge on any atom is -0.490 e. The second-order valence-corrected chi connectivity index (χ2v) is 4.57. The summed E-state index contributed by atoms with van der Waals surface area (Å²) < 4.78 is 47.6. The molecule has 1 aliphatic rings. The molecular weight excluding hydrogens is 269 g/mol. The molecule has 0 radical (unpaired) electrons. The summed E-state index contributed by atoms with van der Waals surface area (Å²) in [4.78, 5) is 0. The van der Waals surface area contributed by atoms with Crippen molar-refractivity contribution in [1.82, 2.24) is 0 Å². The van der Waals surface area contributed by atoms with Crippen LogP contribution in [0.1, 0.15) is 23.8 Å². The smallest absolute Gasteiger partial charge is 0.390 e. The largest absolute Gasteiger partial charge is 0.490 e. The van der Waals surface area contributed by atoms with E-state index in [4.69, 9.17) is 21.1 Å². The maximum atomic E-state index is 12.3. The predicted molar refractivity (Wildman–Crippen MR) is 61.3 cm³/mol. The Morgan fingerprint density at radius 2 is 1.83 bits per heavy atom. The Kier molecular flexibility index (Phi) is 3.90. The van der Waals surface area contributed by atoms with Crippen molar-refractivity contribution in [1.29, 1.82) is 0 Å². The van der Waals surface area contributed by atoms with E-state index in [0.29, 0.717) is 30.3 Å². The molecule has 2 rings (SSSR count). The lowest BCUT2D eigenvalue weighted by Gasteiger charge is -2.14. The number of halogens is 4. The maximum Gasteiger partial charge on any atom is 0.390 e. The van der Waals surface area contributed by atoms with Gasteiger partial charge in [0.1, 0.15) is 0 Å². The third-order valence-corrected chi connectivity index (χ3v) is 2.95. The van der Waals surface area contributed by atoms with E-state index in [0.717, 1.165) is 6.42 Å². The molecule has 0 fully saturated rings. The van der Waals surface area contributed by atoms with Gasteiger partial charge in [-0.1, -0.05) is 6.07 Å². The topological polar surface area (TPSA) is 18.5 Å². The SMILES string of the molecule is FC(F)(F)CC(Cl)c1ccc2c(c1)OCCCO2. The Hall–Kier alpha value is -1.10. The molecule has 1 heterocycles. The van der Waals surface area contributed by atoms with Crippen LogP contribution < -0.4 is 9.47 Å². The number of hydrogen-bond donors (Lipinski definition) is 0. The number of benzene rings is 1. The van der Waals surface area contributed by atoms with Gasteiger partial charge in [-0.25, -0.2) is 0 Å². The van der Waals surface area contributed by atoms with E-state index < -0.39 is 18.0 Å². The first-order valence-corrected chi connectivity index (χ1v) is 6.00. The first-order valence-electron chi connectivity index (χ1n) is 5.56. The van der Waals surface area contributed by atoms with Crippen LogP contribution in [0.3, 0.4) is 0 Å². The van der Waals surface area contributed by atoms with E-state index in [-0.39, 0.29) is 0 Å². The summed E-state index contributed by atoms with van der Waals surface area (Å²) in [5.74, 6) is 1.00. The zero-order valence-electron chi connectivity index (χ0n) is 9.47. The van der Waals surface area contributed by atoms with Crippen molar-refractivity contribution >= 4 is 11.6 Å². The van der Waals surface area contributed by atoms with Gasteiger partial charge >= 0.3 is 6.18 Å². The summed E-state index contributed by atoms with van der Waals surface area (Å²) in [6, 6.07) is 4.66. The lowest BCUT2D eigenvalue weighted by molar-refractivity contribution is -0.134. The number of alkyl halides is 4. The highest BCUT2D eigenvalue weighted by Crippen LogP contribution is 2.38. The minimum absolute atomic E-state index is 0.387. The van der Waals surface area contributed by atoms with Crippen molar-refractivity contribution in [2.45, 2.75) is 24.4 Å². The molecule has 0 amide bonds. The normalized spacial score (nSPS) is 17.1. The maximum absolute atomic E-state index is 12.3. The molecule has 0 saturated carbocycles. The Morgan fingerprint density at radius 3 is 2.50 bits per heavy atom. The molecule has 1 aliphatic heterocycles. The third kappa shape index (κ3) is 3.45. The molecule has 6 heteroatoms. The van der Waals surface area contributed by atoms with Gasteiger partial charge in [-0.05, 0) is 17.7 Å². The predicted octanol–water partition coefficient (Wildman–Crippen LogP) is 4.08. The molecule has 2 nitrogen and oxygen atoms in total. The lowest BCUT2D eigenvalue weighted by Crippen LogP contribution is -2.10. The van der Waals surface area contributed by atoms with Crippen molar-refractivity contribution < 1.29 is 22.6 Å². The monoisotopic (exact) mass is 280 g/mol. The average Bonchev–Trinajstić information content (AvgIpc) is 2.50. The van der Waals surface area contributed by atoms with E-state index in [1.807, 2.05) is 0 Å². The van der Waals surface area contributed by atoms with E-state index >= 15 is 0 Å². The van der Waals surface area contributed by atoms with E-state index in [2.05, 4.69) is 0 Å². The van der Waals surface area contributed by atoms with Crippen LogP contribution in [0.4, 0.5) is 13.2 Å². The van der Waals surface area contributed by atoms with Crippen LogP contribution in [0.25, 0.3) is 0 Å². The molecule has 0 aliphatic carbocycles. The van der Waals surface area contributed by atoms with Gasteiger partial charge in [0.05, 0.1) is 25.0 Å². The van der Waals surface area contributed by atoms with Crippen LogP contribution in [0.5, 0.6) is 11.5 Å². The molecule has 100 valence electrons. The number of ether oxygens (including phenoxy) is 2. The van der Waals surface area contributed by atoms with Crippen molar-refractivity contribution in [2.75, 3.05) is 13.2 Å². The van der Waals surface area contributed by atoms with Crippen molar-refractivity contribution in [3.63, 3.8) is 0 Å². The highest BCUT2D eigenvalue weighted by Gasteiger charge is 2.32. The molecule has 18 heavy (non-hydrogen) atoms. The second kappa shape index (κ2) is 5.26. The first-order chi connectivity index (χ1) is 8.46. The highest BCUT2D eigenvalue weighted by atomic mass is 35.5. The Morgan fingerprint density at radius 1 is 1.17 bits per heavy atom. The summed E-state index contributed by atoms with van der Waals surface area (Å²) in [6.45, 7) is 1.03. The third-order valence-electron chi connectivity index (χ3n) is 2.54. The average molecular weight is 281 g/mol.